The van der Waals surface area contributed by atoms with Crippen molar-refractivity contribution in [3.05, 3.63) is 83.1 Å². The summed E-state index contributed by atoms with van der Waals surface area (Å²) >= 11 is 0. The van der Waals surface area contributed by atoms with Gasteiger partial charge in [-0.15, -0.1) is 0 Å². The Morgan fingerprint density at radius 1 is 1.04 bits per heavy atom. The molecule has 2 aromatic carbocycles. The largest absolute Gasteiger partial charge is 0.455 e. The molecule has 0 aliphatic rings. The second kappa shape index (κ2) is 7.49. The van der Waals surface area contributed by atoms with E-state index in [9.17, 15) is 18.0 Å². The number of amides is 1. The number of hydrogen-bond donors (Lipinski definition) is 1. The van der Waals surface area contributed by atoms with Gasteiger partial charge in [0.2, 0.25) is 0 Å². The number of carbonyl (C=O) groups is 1. The van der Waals surface area contributed by atoms with E-state index in [4.69, 9.17) is 4.42 Å². The number of aryl methyl sites for hydroxylation is 1. The van der Waals surface area contributed by atoms with Gasteiger partial charge in [-0.25, -0.2) is 5.43 Å². The second-order valence-corrected chi connectivity index (χ2v) is 5.81. The number of alkyl halides is 3. The summed E-state index contributed by atoms with van der Waals surface area (Å²) in [5.74, 6) is -0.124. The molecule has 0 spiro atoms. The number of nitrogens with zero attached hydrogens (tertiary/aromatic N) is 1. The van der Waals surface area contributed by atoms with Crippen LogP contribution < -0.4 is 5.43 Å². The molecule has 0 unspecified atom stereocenters. The average Bonchev–Trinajstić information content (AvgIpc) is 3.10. The minimum Gasteiger partial charge on any atom is -0.455 e. The van der Waals surface area contributed by atoms with Crippen LogP contribution in [0.4, 0.5) is 13.2 Å². The lowest BCUT2D eigenvalue weighted by Gasteiger charge is -2.10. The molecule has 27 heavy (non-hydrogen) atoms. The van der Waals surface area contributed by atoms with Crippen molar-refractivity contribution >= 4 is 12.1 Å². The molecule has 3 aromatic rings. The van der Waals surface area contributed by atoms with E-state index in [1.165, 1.54) is 36.5 Å². The quantitative estimate of drug-likeness (QED) is 0.515. The maximum absolute atomic E-state index is 13.1. The topological polar surface area (TPSA) is 54.6 Å². The third-order valence-corrected chi connectivity index (χ3v) is 3.80. The molecule has 1 N–H and O–H groups in total. The van der Waals surface area contributed by atoms with E-state index < -0.39 is 17.6 Å². The first-order chi connectivity index (χ1) is 12.8. The summed E-state index contributed by atoms with van der Waals surface area (Å²) < 4.78 is 44.7. The molecule has 0 saturated carbocycles. The van der Waals surface area contributed by atoms with Gasteiger partial charge in [-0.1, -0.05) is 35.9 Å². The standard InChI is InChI=1S/C20H15F3N2O2/c1-13-6-8-14(9-7-13)19(26)25-24-12-15-10-11-18(27-15)16-4-2-3-5-17(16)20(21,22)23/h2-12H,1H3,(H,25,26)/b24-12-. The van der Waals surface area contributed by atoms with Crippen LogP contribution in [-0.2, 0) is 6.18 Å². The monoisotopic (exact) mass is 372 g/mol. The Labute approximate surface area is 153 Å². The van der Waals surface area contributed by atoms with Crippen molar-refractivity contribution in [2.24, 2.45) is 5.10 Å². The zero-order chi connectivity index (χ0) is 19.4. The number of carbonyl (C=O) groups excluding carboxylic acids is 1. The van der Waals surface area contributed by atoms with E-state index in [0.29, 0.717) is 5.56 Å². The number of benzene rings is 2. The van der Waals surface area contributed by atoms with Gasteiger partial charge >= 0.3 is 6.18 Å². The molecule has 1 aromatic heterocycles. The molecule has 0 bridgehead atoms. The first-order valence-electron chi connectivity index (χ1n) is 8.01. The summed E-state index contributed by atoms with van der Waals surface area (Å²) in [7, 11) is 0. The third-order valence-electron chi connectivity index (χ3n) is 3.80. The highest BCUT2D eigenvalue weighted by molar-refractivity contribution is 5.94. The summed E-state index contributed by atoms with van der Waals surface area (Å²) in [6, 6.07) is 15.0. The van der Waals surface area contributed by atoms with Gasteiger partial charge in [0.15, 0.2) is 0 Å². The first-order valence-corrected chi connectivity index (χ1v) is 8.01. The molecule has 1 amide bonds. The Kier molecular flexibility index (Phi) is 5.12. The second-order valence-electron chi connectivity index (χ2n) is 5.81. The Morgan fingerprint density at radius 3 is 2.44 bits per heavy atom. The van der Waals surface area contributed by atoms with E-state index >= 15 is 0 Å². The highest BCUT2D eigenvalue weighted by atomic mass is 19.4. The maximum Gasteiger partial charge on any atom is 0.417 e. The molecule has 0 fully saturated rings. The Balaban J connectivity index is 1.73. The van der Waals surface area contributed by atoms with Crippen molar-refractivity contribution in [3.63, 3.8) is 0 Å². The number of hydrogen-bond acceptors (Lipinski definition) is 3. The van der Waals surface area contributed by atoms with Crippen molar-refractivity contribution in [2.45, 2.75) is 13.1 Å². The van der Waals surface area contributed by atoms with E-state index in [2.05, 4.69) is 10.5 Å². The van der Waals surface area contributed by atoms with Gasteiger partial charge in [-0.05, 0) is 37.3 Å². The molecule has 138 valence electrons. The smallest absolute Gasteiger partial charge is 0.417 e. The van der Waals surface area contributed by atoms with Crippen LogP contribution in [0.2, 0.25) is 0 Å². The molecule has 0 aliphatic heterocycles. The maximum atomic E-state index is 13.1. The van der Waals surface area contributed by atoms with E-state index in [-0.39, 0.29) is 17.1 Å². The SMILES string of the molecule is Cc1ccc(C(=O)N/N=C\c2ccc(-c3ccccc3C(F)(F)F)o2)cc1. The molecular formula is C20H15F3N2O2. The van der Waals surface area contributed by atoms with Crippen molar-refractivity contribution < 1.29 is 22.4 Å². The van der Waals surface area contributed by atoms with E-state index in [1.807, 2.05) is 6.92 Å². The van der Waals surface area contributed by atoms with Crippen molar-refractivity contribution in [1.82, 2.24) is 5.43 Å². The molecular weight excluding hydrogens is 357 g/mol. The van der Waals surface area contributed by atoms with Crippen molar-refractivity contribution in [2.75, 3.05) is 0 Å². The van der Waals surface area contributed by atoms with Crippen LogP contribution in [0.5, 0.6) is 0 Å². The fourth-order valence-electron chi connectivity index (χ4n) is 2.44. The van der Waals surface area contributed by atoms with Gasteiger partial charge in [0, 0.05) is 11.1 Å². The molecule has 4 nitrogen and oxygen atoms in total. The number of rotatable bonds is 4. The van der Waals surface area contributed by atoms with Gasteiger partial charge in [-0.3, -0.25) is 4.79 Å². The predicted molar refractivity (Wildman–Crippen MR) is 95.4 cm³/mol. The molecule has 0 atom stereocenters. The molecule has 0 saturated heterocycles. The Hall–Kier alpha value is -3.35. The zero-order valence-corrected chi connectivity index (χ0v) is 14.2. The minimum atomic E-state index is -4.49. The molecule has 0 radical (unpaired) electrons. The third kappa shape index (κ3) is 4.44. The molecule has 7 heteroatoms. The number of hydrazone groups is 1. The summed E-state index contributed by atoms with van der Waals surface area (Å²) in [5.41, 5.74) is 2.97. The lowest BCUT2D eigenvalue weighted by molar-refractivity contribution is -0.137. The van der Waals surface area contributed by atoms with Crippen LogP contribution in [0.15, 0.2) is 70.2 Å². The van der Waals surface area contributed by atoms with E-state index in [0.717, 1.165) is 11.6 Å². The van der Waals surface area contributed by atoms with Gasteiger partial charge in [0.05, 0.1) is 11.8 Å². The summed E-state index contributed by atoms with van der Waals surface area (Å²) in [6.07, 6.45) is -3.26. The van der Waals surface area contributed by atoms with Gasteiger partial charge in [0.1, 0.15) is 11.5 Å². The lowest BCUT2D eigenvalue weighted by atomic mass is 10.1. The van der Waals surface area contributed by atoms with Crippen LogP contribution in [-0.4, -0.2) is 12.1 Å². The average molecular weight is 372 g/mol. The highest BCUT2D eigenvalue weighted by Gasteiger charge is 2.34. The summed E-state index contributed by atoms with van der Waals surface area (Å²) in [5, 5.41) is 3.78. The fraction of sp³-hybridized carbons (Fsp3) is 0.100. The Bertz CT molecular complexity index is 973. The minimum absolute atomic E-state index is 0.0617. The lowest BCUT2D eigenvalue weighted by Crippen LogP contribution is -2.17. The van der Waals surface area contributed by atoms with E-state index in [1.54, 1.807) is 24.3 Å². The summed E-state index contributed by atoms with van der Waals surface area (Å²) in [6.45, 7) is 1.91. The van der Waals surface area contributed by atoms with Gasteiger partial charge in [0.25, 0.3) is 5.91 Å². The molecule has 1 heterocycles. The van der Waals surface area contributed by atoms with Crippen LogP contribution in [0.1, 0.15) is 27.2 Å². The normalized spacial score (nSPS) is 11.7. The Morgan fingerprint density at radius 2 is 1.74 bits per heavy atom. The van der Waals surface area contributed by atoms with Crippen LogP contribution in [0.25, 0.3) is 11.3 Å². The number of nitrogens with one attached hydrogen (secondary N) is 1. The first kappa shape index (κ1) is 18.4. The van der Waals surface area contributed by atoms with Crippen molar-refractivity contribution in [1.29, 1.82) is 0 Å². The molecule has 0 aliphatic carbocycles. The van der Waals surface area contributed by atoms with Gasteiger partial charge < -0.3 is 4.42 Å². The predicted octanol–water partition coefficient (Wildman–Crippen LogP) is 5.04. The van der Waals surface area contributed by atoms with Crippen molar-refractivity contribution in [3.8, 4) is 11.3 Å². The molecule has 3 rings (SSSR count). The summed E-state index contributed by atoms with van der Waals surface area (Å²) in [4.78, 5) is 11.9. The van der Waals surface area contributed by atoms with Crippen LogP contribution in [0, 0.1) is 6.92 Å². The highest BCUT2D eigenvalue weighted by Crippen LogP contribution is 2.37. The fourth-order valence-corrected chi connectivity index (χ4v) is 2.44. The number of halogens is 3. The number of furan rings is 1. The van der Waals surface area contributed by atoms with Crippen LogP contribution >= 0.6 is 0 Å². The van der Waals surface area contributed by atoms with Gasteiger partial charge in [-0.2, -0.15) is 18.3 Å². The zero-order valence-electron chi connectivity index (χ0n) is 14.2. The van der Waals surface area contributed by atoms with Crippen LogP contribution in [0.3, 0.4) is 0 Å².